The zero-order valence-corrected chi connectivity index (χ0v) is 21.5. The maximum Gasteiger partial charge on any atom is 0.322 e. The van der Waals surface area contributed by atoms with Gasteiger partial charge in [0.05, 0.1) is 0 Å². The van der Waals surface area contributed by atoms with Crippen LogP contribution in [0.2, 0.25) is 0 Å². The summed E-state index contributed by atoms with van der Waals surface area (Å²) in [7, 11) is 4.02. The van der Waals surface area contributed by atoms with E-state index in [1.165, 1.54) is 0 Å². The van der Waals surface area contributed by atoms with Gasteiger partial charge >= 0.3 is 6.03 Å². The molecular weight excluding hydrogens is 462 g/mol. The van der Waals surface area contributed by atoms with Gasteiger partial charge in [0, 0.05) is 47.5 Å². The van der Waals surface area contributed by atoms with Gasteiger partial charge in [-0.2, -0.15) is 0 Å². The van der Waals surface area contributed by atoms with E-state index in [1.807, 2.05) is 100 Å². The van der Waals surface area contributed by atoms with E-state index < -0.39 is 6.04 Å². The molecule has 3 aromatic carbocycles. The first-order valence-corrected chi connectivity index (χ1v) is 12.7. The number of hydrogen-bond donors (Lipinski definition) is 3. The number of nitrogens with one attached hydrogen (secondary N) is 3. The molecule has 1 aliphatic rings. The minimum absolute atomic E-state index is 0.249. The van der Waals surface area contributed by atoms with Crippen molar-refractivity contribution in [1.29, 1.82) is 0 Å². The molecule has 0 fully saturated rings. The first-order chi connectivity index (χ1) is 17.9. The Bertz CT molecular complexity index is 1430. The Kier molecular flexibility index (Phi) is 6.97. The molecule has 4 aromatic rings. The summed E-state index contributed by atoms with van der Waals surface area (Å²) in [6.07, 6.45) is 2.74. The molecule has 3 N–H and O–H groups in total. The highest BCUT2D eigenvalue weighted by Crippen LogP contribution is 2.30. The lowest BCUT2D eigenvalue weighted by atomic mass is 9.92. The number of rotatable bonds is 7. The van der Waals surface area contributed by atoms with Crippen LogP contribution in [0.25, 0.3) is 10.9 Å². The predicted octanol–water partition coefficient (Wildman–Crippen LogP) is 5.11. The van der Waals surface area contributed by atoms with Crippen molar-refractivity contribution in [3.8, 4) is 0 Å². The van der Waals surface area contributed by atoms with Crippen LogP contribution in [0.3, 0.4) is 0 Å². The smallest absolute Gasteiger partial charge is 0.322 e. The molecule has 0 radical (unpaired) electrons. The van der Waals surface area contributed by atoms with Crippen LogP contribution in [0.1, 0.15) is 29.5 Å². The van der Waals surface area contributed by atoms with Crippen molar-refractivity contribution in [1.82, 2.24) is 15.2 Å². The monoisotopic (exact) mass is 495 g/mol. The molecular formula is C30H33N5O2. The SMILES string of the molecule is C[C@@H](c1c[nH]c2ccccc12)[C@@H](NC(=O)N1CCc2ccccc21)C(=O)Nc1cccc(CN(C)C)c1. The number of urea groups is 1. The van der Waals surface area contributed by atoms with Crippen molar-refractivity contribution in [2.24, 2.45) is 0 Å². The first kappa shape index (κ1) is 24.6. The van der Waals surface area contributed by atoms with Gasteiger partial charge in [0.1, 0.15) is 6.04 Å². The van der Waals surface area contributed by atoms with Gasteiger partial charge in [0.15, 0.2) is 0 Å². The van der Waals surface area contributed by atoms with Crippen molar-refractivity contribution in [2.75, 3.05) is 30.9 Å². The van der Waals surface area contributed by atoms with Gasteiger partial charge in [-0.3, -0.25) is 9.69 Å². The van der Waals surface area contributed by atoms with E-state index in [1.54, 1.807) is 4.90 Å². The molecule has 37 heavy (non-hydrogen) atoms. The fourth-order valence-corrected chi connectivity index (χ4v) is 5.16. The second-order valence-corrected chi connectivity index (χ2v) is 9.96. The number of hydrogen-bond acceptors (Lipinski definition) is 3. The molecule has 1 aromatic heterocycles. The van der Waals surface area contributed by atoms with Gasteiger partial charge in [0.2, 0.25) is 5.91 Å². The van der Waals surface area contributed by atoms with Crippen LogP contribution in [0.5, 0.6) is 0 Å². The van der Waals surface area contributed by atoms with Crippen LogP contribution >= 0.6 is 0 Å². The molecule has 7 heteroatoms. The number of aromatic nitrogens is 1. The van der Waals surface area contributed by atoms with E-state index in [2.05, 4.69) is 20.5 Å². The van der Waals surface area contributed by atoms with Crippen LogP contribution in [-0.4, -0.2) is 48.5 Å². The van der Waals surface area contributed by atoms with Gasteiger partial charge in [-0.05, 0) is 61.5 Å². The van der Waals surface area contributed by atoms with Crippen LogP contribution < -0.4 is 15.5 Å². The van der Waals surface area contributed by atoms with Crippen molar-refractivity contribution in [3.05, 3.63) is 95.7 Å². The summed E-state index contributed by atoms with van der Waals surface area (Å²) in [5.41, 5.74) is 5.83. The van der Waals surface area contributed by atoms with E-state index in [9.17, 15) is 9.59 Å². The number of para-hydroxylation sites is 2. The number of carbonyl (C=O) groups excluding carboxylic acids is 2. The van der Waals surface area contributed by atoms with Gasteiger partial charge in [-0.1, -0.05) is 55.5 Å². The number of aromatic amines is 1. The maximum absolute atomic E-state index is 13.7. The number of benzene rings is 3. The molecule has 190 valence electrons. The molecule has 7 nitrogen and oxygen atoms in total. The maximum atomic E-state index is 13.7. The first-order valence-electron chi connectivity index (χ1n) is 12.7. The summed E-state index contributed by atoms with van der Waals surface area (Å²) >= 11 is 0. The number of anilines is 2. The average Bonchev–Trinajstić information content (AvgIpc) is 3.51. The summed E-state index contributed by atoms with van der Waals surface area (Å²) in [6, 6.07) is 22.7. The van der Waals surface area contributed by atoms with E-state index in [4.69, 9.17) is 0 Å². The van der Waals surface area contributed by atoms with Gasteiger partial charge in [-0.25, -0.2) is 4.79 Å². The number of nitrogens with zero attached hydrogens (tertiary/aromatic N) is 2. The van der Waals surface area contributed by atoms with E-state index >= 15 is 0 Å². The highest BCUT2D eigenvalue weighted by Gasteiger charge is 2.33. The molecule has 0 saturated heterocycles. The molecule has 2 atom stereocenters. The zero-order chi connectivity index (χ0) is 25.9. The molecule has 0 bridgehead atoms. The third-order valence-corrected chi connectivity index (χ3v) is 7.00. The highest BCUT2D eigenvalue weighted by molar-refractivity contribution is 6.01. The lowest BCUT2D eigenvalue weighted by Crippen LogP contribution is -2.51. The third kappa shape index (κ3) is 5.22. The number of fused-ring (bicyclic) bond motifs is 2. The molecule has 0 spiro atoms. The van der Waals surface area contributed by atoms with Gasteiger partial charge in [0.25, 0.3) is 0 Å². The second-order valence-electron chi connectivity index (χ2n) is 9.96. The van der Waals surface area contributed by atoms with Gasteiger partial charge < -0.3 is 20.5 Å². The molecule has 0 unspecified atom stereocenters. The molecule has 2 heterocycles. The number of amides is 3. The summed E-state index contributed by atoms with van der Waals surface area (Å²) in [5.74, 6) is -0.525. The number of H-pyrrole nitrogens is 1. The van der Waals surface area contributed by atoms with E-state index in [0.29, 0.717) is 12.2 Å². The summed E-state index contributed by atoms with van der Waals surface area (Å²) in [5, 5.41) is 7.18. The topological polar surface area (TPSA) is 80.5 Å². The van der Waals surface area contributed by atoms with Crippen LogP contribution in [0.15, 0.2) is 79.0 Å². The fourth-order valence-electron chi connectivity index (χ4n) is 5.16. The third-order valence-electron chi connectivity index (χ3n) is 7.00. The molecule has 0 saturated carbocycles. The largest absolute Gasteiger partial charge is 0.361 e. The molecule has 0 aliphatic carbocycles. The fraction of sp³-hybridized carbons (Fsp3) is 0.267. The van der Waals surface area contributed by atoms with E-state index in [0.717, 1.165) is 46.2 Å². The Morgan fingerprint density at radius 2 is 1.81 bits per heavy atom. The van der Waals surface area contributed by atoms with Crippen LogP contribution in [-0.2, 0) is 17.8 Å². The van der Waals surface area contributed by atoms with Crippen molar-refractivity contribution in [2.45, 2.75) is 31.8 Å². The Morgan fingerprint density at radius 3 is 2.65 bits per heavy atom. The summed E-state index contributed by atoms with van der Waals surface area (Å²) in [6.45, 7) is 3.35. The second kappa shape index (κ2) is 10.5. The lowest BCUT2D eigenvalue weighted by molar-refractivity contribution is -0.118. The highest BCUT2D eigenvalue weighted by atomic mass is 16.2. The Morgan fingerprint density at radius 1 is 1.03 bits per heavy atom. The molecule has 1 aliphatic heterocycles. The minimum atomic E-state index is -0.781. The summed E-state index contributed by atoms with van der Waals surface area (Å²) in [4.78, 5) is 34.4. The van der Waals surface area contributed by atoms with Crippen molar-refractivity contribution >= 4 is 34.2 Å². The van der Waals surface area contributed by atoms with Crippen molar-refractivity contribution in [3.63, 3.8) is 0 Å². The quantitative estimate of drug-likeness (QED) is 0.333. The summed E-state index contributed by atoms with van der Waals surface area (Å²) < 4.78 is 0. The van der Waals surface area contributed by atoms with Crippen molar-refractivity contribution < 1.29 is 9.59 Å². The number of carbonyl (C=O) groups is 2. The Labute approximate surface area is 217 Å². The molecule has 5 rings (SSSR count). The predicted molar refractivity (Wildman–Crippen MR) is 149 cm³/mol. The van der Waals surface area contributed by atoms with Gasteiger partial charge in [-0.15, -0.1) is 0 Å². The van der Waals surface area contributed by atoms with E-state index in [-0.39, 0.29) is 17.9 Å². The standard InChI is InChI=1S/C30H33N5O2/c1-20(25-18-31-26-13-6-5-12-24(25)26)28(29(36)32-23-11-8-9-21(17-23)19-34(2)3)33-30(37)35-16-15-22-10-4-7-14-27(22)35/h4-14,17-18,20,28,31H,15-16,19H2,1-3H3,(H,32,36)(H,33,37)/t20-,28+/m0/s1. The molecule has 3 amide bonds. The van der Waals surface area contributed by atoms with Crippen LogP contribution in [0.4, 0.5) is 16.2 Å². The minimum Gasteiger partial charge on any atom is -0.361 e. The Balaban J connectivity index is 1.43. The lowest BCUT2D eigenvalue weighted by Gasteiger charge is -2.27. The normalized spacial score (nSPS) is 14.4. The Hall–Kier alpha value is -4.10. The average molecular weight is 496 g/mol. The van der Waals surface area contributed by atoms with Crippen LogP contribution in [0, 0.1) is 0 Å². The zero-order valence-electron chi connectivity index (χ0n) is 21.5.